The van der Waals surface area contributed by atoms with Gasteiger partial charge in [-0.1, -0.05) is 30.3 Å². The highest BCUT2D eigenvalue weighted by Crippen LogP contribution is 2.23. The number of amides is 1. The van der Waals surface area contributed by atoms with Crippen molar-refractivity contribution in [2.45, 2.75) is 18.9 Å². The fourth-order valence-electron chi connectivity index (χ4n) is 3.91. The van der Waals surface area contributed by atoms with Crippen LogP contribution in [0.2, 0.25) is 0 Å². The van der Waals surface area contributed by atoms with Crippen molar-refractivity contribution in [3.05, 3.63) is 90.5 Å². The van der Waals surface area contributed by atoms with Gasteiger partial charge in [-0.3, -0.25) is 19.7 Å². The van der Waals surface area contributed by atoms with E-state index in [1.165, 1.54) is 0 Å². The minimum absolute atomic E-state index is 0.00850. The Morgan fingerprint density at radius 1 is 1.03 bits per heavy atom. The van der Waals surface area contributed by atoms with Crippen molar-refractivity contribution in [3.63, 3.8) is 0 Å². The Kier molecular flexibility index (Phi) is 7.24. The van der Waals surface area contributed by atoms with E-state index in [1.807, 2.05) is 60.7 Å². The summed E-state index contributed by atoms with van der Waals surface area (Å²) in [5.74, 6) is 0.988. The summed E-state index contributed by atoms with van der Waals surface area (Å²) in [4.78, 5) is 24.1. The van der Waals surface area contributed by atoms with Gasteiger partial charge in [0.25, 0.3) is 0 Å². The molecule has 1 aromatic carbocycles. The molecule has 160 valence electrons. The van der Waals surface area contributed by atoms with Crippen LogP contribution in [0.25, 0.3) is 0 Å². The molecule has 0 aliphatic carbocycles. The molecule has 0 spiro atoms. The summed E-state index contributed by atoms with van der Waals surface area (Å²) in [6.07, 6.45) is 6.96. The highest BCUT2D eigenvalue weighted by atomic mass is 16.5. The van der Waals surface area contributed by atoms with Crippen LogP contribution < -0.4 is 10.1 Å². The number of likely N-dealkylation sites (tertiary alicyclic amines) is 1. The molecule has 1 aliphatic heterocycles. The molecule has 6 heteroatoms. The number of para-hydroxylation sites is 1. The molecule has 4 rings (SSSR count). The minimum Gasteiger partial charge on any atom is -0.492 e. The van der Waals surface area contributed by atoms with E-state index in [9.17, 15) is 4.79 Å². The molecule has 0 saturated carbocycles. The smallest absolute Gasteiger partial charge is 0.224 e. The fourth-order valence-corrected chi connectivity index (χ4v) is 3.91. The topological polar surface area (TPSA) is 67.4 Å². The second-order valence-corrected chi connectivity index (χ2v) is 7.76. The first-order valence-electron chi connectivity index (χ1n) is 10.8. The molecule has 3 aromatic rings. The van der Waals surface area contributed by atoms with Gasteiger partial charge in [-0.25, -0.2) is 0 Å². The number of hydrogen-bond donors (Lipinski definition) is 1. The lowest BCUT2D eigenvalue weighted by Crippen LogP contribution is -2.43. The molecular weight excluding hydrogens is 388 g/mol. The predicted octanol–water partition coefficient (Wildman–Crippen LogP) is 3.47. The van der Waals surface area contributed by atoms with Gasteiger partial charge in [-0.05, 0) is 61.8 Å². The number of hydrogen-bond acceptors (Lipinski definition) is 5. The second kappa shape index (κ2) is 10.7. The quantitative estimate of drug-likeness (QED) is 0.609. The van der Waals surface area contributed by atoms with E-state index in [0.29, 0.717) is 6.61 Å². The number of pyridine rings is 2. The Morgan fingerprint density at radius 2 is 1.84 bits per heavy atom. The van der Waals surface area contributed by atoms with Gasteiger partial charge >= 0.3 is 0 Å². The number of nitrogens with one attached hydrogen (secondary N) is 1. The summed E-state index contributed by atoms with van der Waals surface area (Å²) < 4.78 is 5.80. The molecule has 1 fully saturated rings. The Bertz CT molecular complexity index is 890. The molecule has 1 amide bonds. The lowest BCUT2D eigenvalue weighted by atomic mass is 9.94. The van der Waals surface area contributed by atoms with Crippen LogP contribution in [0.4, 0.5) is 0 Å². The number of benzene rings is 1. The minimum atomic E-state index is -0.292. The number of ether oxygens (including phenoxy) is 1. The van der Waals surface area contributed by atoms with Crippen LogP contribution in [0, 0.1) is 5.92 Å². The van der Waals surface area contributed by atoms with Crippen molar-refractivity contribution in [1.29, 1.82) is 0 Å². The number of piperidine rings is 1. The Morgan fingerprint density at radius 3 is 2.55 bits per heavy atom. The maximum atomic E-state index is 13.1. The number of nitrogens with zero attached hydrogens (tertiary/aromatic N) is 3. The van der Waals surface area contributed by atoms with Gasteiger partial charge in [-0.2, -0.15) is 0 Å². The van der Waals surface area contributed by atoms with Gasteiger partial charge < -0.3 is 10.1 Å². The third kappa shape index (κ3) is 5.89. The van der Waals surface area contributed by atoms with E-state index in [2.05, 4.69) is 20.2 Å². The van der Waals surface area contributed by atoms with E-state index >= 15 is 0 Å². The average Bonchev–Trinajstić information content (AvgIpc) is 2.84. The molecular formula is C25H28N4O2. The van der Waals surface area contributed by atoms with Crippen LogP contribution in [-0.4, -0.2) is 47.0 Å². The van der Waals surface area contributed by atoms with Crippen LogP contribution >= 0.6 is 0 Å². The molecule has 1 saturated heterocycles. The Balaban J connectivity index is 1.29. The summed E-state index contributed by atoms with van der Waals surface area (Å²) in [5.41, 5.74) is 1.75. The van der Waals surface area contributed by atoms with Crippen LogP contribution in [0.5, 0.6) is 5.75 Å². The van der Waals surface area contributed by atoms with Crippen molar-refractivity contribution < 1.29 is 9.53 Å². The van der Waals surface area contributed by atoms with Crippen molar-refractivity contribution in [1.82, 2.24) is 20.2 Å². The fraction of sp³-hybridized carbons (Fsp3) is 0.320. The monoisotopic (exact) mass is 416 g/mol. The average molecular weight is 417 g/mol. The first kappa shape index (κ1) is 21.0. The summed E-state index contributed by atoms with van der Waals surface area (Å²) in [7, 11) is 0. The van der Waals surface area contributed by atoms with Crippen LogP contribution in [0.3, 0.4) is 0 Å². The number of rotatable bonds is 8. The molecule has 1 N–H and O–H groups in total. The first-order valence-corrected chi connectivity index (χ1v) is 10.8. The maximum absolute atomic E-state index is 13.1. The predicted molar refractivity (Wildman–Crippen MR) is 120 cm³/mol. The third-order valence-electron chi connectivity index (χ3n) is 5.67. The number of aromatic nitrogens is 2. The summed E-state index contributed by atoms with van der Waals surface area (Å²) >= 11 is 0. The largest absolute Gasteiger partial charge is 0.492 e. The number of carbonyl (C=O) groups excluding carboxylic acids is 1. The van der Waals surface area contributed by atoms with E-state index < -0.39 is 0 Å². The molecule has 3 heterocycles. The summed E-state index contributed by atoms with van der Waals surface area (Å²) in [6.45, 7) is 3.33. The van der Waals surface area contributed by atoms with Crippen LogP contribution in [-0.2, 0) is 4.79 Å². The van der Waals surface area contributed by atoms with Gasteiger partial charge in [0.2, 0.25) is 5.91 Å². The van der Waals surface area contributed by atoms with E-state index in [4.69, 9.17) is 4.74 Å². The lowest BCUT2D eigenvalue weighted by Gasteiger charge is -2.32. The van der Waals surface area contributed by atoms with Gasteiger partial charge in [0.15, 0.2) is 0 Å². The van der Waals surface area contributed by atoms with Gasteiger partial charge in [-0.15, -0.1) is 0 Å². The zero-order valence-electron chi connectivity index (χ0n) is 17.6. The van der Waals surface area contributed by atoms with Crippen LogP contribution in [0.1, 0.15) is 30.1 Å². The van der Waals surface area contributed by atoms with E-state index in [-0.39, 0.29) is 17.9 Å². The van der Waals surface area contributed by atoms with Gasteiger partial charge in [0.1, 0.15) is 12.4 Å². The molecule has 31 heavy (non-hydrogen) atoms. The van der Waals surface area contributed by atoms with Gasteiger partial charge in [0, 0.05) is 31.1 Å². The zero-order chi connectivity index (χ0) is 21.3. The van der Waals surface area contributed by atoms with Crippen molar-refractivity contribution in [3.8, 4) is 5.75 Å². The highest BCUT2D eigenvalue weighted by molar-refractivity contribution is 5.79. The first-order chi connectivity index (χ1) is 15.3. The molecule has 0 radical (unpaired) electrons. The number of carbonyl (C=O) groups is 1. The third-order valence-corrected chi connectivity index (χ3v) is 5.67. The Hall–Kier alpha value is -3.25. The maximum Gasteiger partial charge on any atom is 0.224 e. The molecule has 6 nitrogen and oxygen atoms in total. The van der Waals surface area contributed by atoms with Crippen molar-refractivity contribution in [2.75, 3.05) is 26.2 Å². The molecule has 1 aliphatic rings. The van der Waals surface area contributed by atoms with Gasteiger partial charge in [0.05, 0.1) is 11.7 Å². The SMILES string of the molecule is O=C(N[C@H](c1cccnc1)c1ccccn1)C1CCN(CCOc2ccccc2)CC1. The molecule has 1 atom stereocenters. The second-order valence-electron chi connectivity index (χ2n) is 7.76. The summed E-state index contributed by atoms with van der Waals surface area (Å²) in [6, 6.07) is 19.2. The Labute approximate surface area is 183 Å². The van der Waals surface area contributed by atoms with Crippen molar-refractivity contribution >= 4 is 5.91 Å². The van der Waals surface area contributed by atoms with E-state index in [0.717, 1.165) is 49.5 Å². The molecule has 0 bridgehead atoms. The standard InChI is InChI=1S/C25H28N4O2/c30-25(28-24(21-7-6-13-26-19-21)23-10-4-5-14-27-23)20-11-15-29(16-12-20)17-18-31-22-8-2-1-3-9-22/h1-10,13-14,19-20,24H,11-12,15-18H2,(H,28,30)/t24-/m1/s1. The van der Waals surface area contributed by atoms with Crippen molar-refractivity contribution in [2.24, 2.45) is 5.92 Å². The summed E-state index contributed by atoms with van der Waals surface area (Å²) in [5, 5.41) is 3.21. The highest BCUT2D eigenvalue weighted by Gasteiger charge is 2.27. The van der Waals surface area contributed by atoms with Crippen LogP contribution in [0.15, 0.2) is 79.3 Å². The van der Waals surface area contributed by atoms with E-state index in [1.54, 1.807) is 18.6 Å². The normalized spacial score (nSPS) is 15.9. The zero-order valence-corrected chi connectivity index (χ0v) is 17.6. The molecule has 0 unspecified atom stereocenters. The molecule has 2 aromatic heterocycles. The lowest BCUT2D eigenvalue weighted by molar-refractivity contribution is -0.127.